The van der Waals surface area contributed by atoms with Gasteiger partial charge in [0.25, 0.3) is 0 Å². The van der Waals surface area contributed by atoms with Gasteiger partial charge in [0.15, 0.2) is 0 Å². The van der Waals surface area contributed by atoms with Gasteiger partial charge in [-0.15, -0.1) is 0 Å². The Labute approximate surface area is 103 Å². The maximum absolute atomic E-state index is 5.41. The molecule has 2 aliphatic rings. The molecule has 3 rings (SSSR count). The van der Waals surface area contributed by atoms with Crippen molar-refractivity contribution in [3.8, 4) is 0 Å². The molecule has 0 N–H and O–H groups in total. The third kappa shape index (κ3) is 2.69. The Morgan fingerprint density at radius 1 is 1.24 bits per heavy atom. The van der Waals surface area contributed by atoms with Crippen molar-refractivity contribution < 1.29 is 4.74 Å². The fraction of sp³-hybridized carbons (Fsp3) is 0.769. The van der Waals surface area contributed by atoms with Crippen LogP contribution in [0.2, 0.25) is 0 Å². The highest BCUT2D eigenvalue weighted by Crippen LogP contribution is 2.24. The lowest BCUT2D eigenvalue weighted by atomic mass is 10.00. The molecule has 17 heavy (non-hydrogen) atoms. The van der Waals surface area contributed by atoms with Crippen molar-refractivity contribution in [3.05, 3.63) is 18.5 Å². The first kappa shape index (κ1) is 11.2. The van der Waals surface area contributed by atoms with E-state index in [1.54, 1.807) is 0 Å². The van der Waals surface area contributed by atoms with Crippen LogP contribution in [0.15, 0.2) is 18.5 Å². The number of rotatable bonds is 3. The molecule has 2 fully saturated rings. The van der Waals surface area contributed by atoms with Crippen LogP contribution in [0.5, 0.6) is 0 Å². The Hall–Kier alpha value is -0.870. The van der Waals surface area contributed by atoms with Gasteiger partial charge in [0.05, 0.1) is 6.04 Å². The minimum atomic E-state index is 0.588. The van der Waals surface area contributed by atoms with Gasteiger partial charge in [0.1, 0.15) is 0 Å². The van der Waals surface area contributed by atoms with E-state index in [-0.39, 0.29) is 0 Å². The molecular formula is C13H21N3O. The van der Waals surface area contributed by atoms with Gasteiger partial charge in [0.2, 0.25) is 0 Å². The highest BCUT2D eigenvalue weighted by Gasteiger charge is 2.26. The van der Waals surface area contributed by atoms with E-state index in [0.717, 1.165) is 19.1 Å². The second kappa shape index (κ2) is 5.19. The zero-order valence-corrected chi connectivity index (χ0v) is 10.3. The molecule has 0 aromatic carbocycles. The Kier molecular flexibility index (Phi) is 3.43. The van der Waals surface area contributed by atoms with Crippen LogP contribution in [0.3, 0.4) is 0 Å². The minimum Gasteiger partial charge on any atom is -0.381 e. The molecule has 0 amide bonds. The molecule has 0 spiro atoms. The molecule has 2 saturated heterocycles. The predicted molar refractivity (Wildman–Crippen MR) is 65.9 cm³/mol. The van der Waals surface area contributed by atoms with E-state index in [9.17, 15) is 0 Å². The average Bonchev–Trinajstić information content (AvgIpc) is 3.00. The van der Waals surface area contributed by atoms with E-state index in [1.807, 2.05) is 12.3 Å². The first-order valence-corrected chi connectivity index (χ1v) is 6.71. The van der Waals surface area contributed by atoms with Crippen LogP contribution < -0.4 is 0 Å². The van der Waals surface area contributed by atoms with Crippen LogP contribution in [0.4, 0.5) is 0 Å². The van der Waals surface area contributed by atoms with Crippen LogP contribution in [0.1, 0.15) is 25.3 Å². The molecule has 0 aliphatic carbocycles. The van der Waals surface area contributed by atoms with Gasteiger partial charge < -0.3 is 9.64 Å². The van der Waals surface area contributed by atoms with Crippen molar-refractivity contribution in [1.29, 1.82) is 0 Å². The number of ether oxygens (including phenoxy) is 1. The number of hydrogen-bond acceptors (Lipinski definition) is 3. The molecule has 1 aromatic heterocycles. The molecule has 4 nitrogen and oxygen atoms in total. The topological polar surface area (TPSA) is 30.3 Å². The lowest BCUT2D eigenvalue weighted by Crippen LogP contribution is -2.31. The fourth-order valence-electron chi connectivity index (χ4n) is 2.98. The first-order valence-electron chi connectivity index (χ1n) is 6.71. The SMILES string of the molecule is c1cnn(C2CCN(CC3CCOCC3)C2)c1. The molecule has 3 heterocycles. The van der Waals surface area contributed by atoms with Crippen molar-refractivity contribution >= 4 is 0 Å². The van der Waals surface area contributed by atoms with Crippen LogP contribution in [0.25, 0.3) is 0 Å². The monoisotopic (exact) mass is 235 g/mol. The average molecular weight is 235 g/mol. The third-order valence-corrected chi connectivity index (χ3v) is 4.00. The van der Waals surface area contributed by atoms with E-state index in [0.29, 0.717) is 6.04 Å². The third-order valence-electron chi connectivity index (χ3n) is 4.00. The normalized spacial score (nSPS) is 27.6. The van der Waals surface area contributed by atoms with Crippen LogP contribution >= 0.6 is 0 Å². The molecule has 4 heteroatoms. The molecule has 1 unspecified atom stereocenters. The zero-order valence-electron chi connectivity index (χ0n) is 10.3. The standard InChI is InChI=1S/C13H21N3O/c1-5-14-16(6-1)13-2-7-15(11-13)10-12-3-8-17-9-4-12/h1,5-6,12-13H,2-4,7-11H2. The van der Waals surface area contributed by atoms with E-state index in [1.165, 1.54) is 38.9 Å². The smallest absolute Gasteiger partial charge is 0.0658 e. The quantitative estimate of drug-likeness (QED) is 0.796. The summed E-state index contributed by atoms with van der Waals surface area (Å²) < 4.78 is 7.53. The second-order valence-corrected chi connectivity index (χ2v) is 5.24. The summed E-state index contributed by atoms with van der Waals surface area (Å²) in [6.45, 7) is 5.56. The van der Waals surface area contributed by atoms with E-state index in [2.05, 4.69) is 20.9 Å². The molecule has 0 radical (unpaired) electrons. The first-order chi connectivity index (χ1) is 8.42. The summed E-state index contributed by atoms with van der Waals surface area (Å²) in [6.07, 6.45) is 7.68. The zero-order chi connectivity index (χ0) is 11.5. The molecule has 0 bridgehead atoms. The summed E-state index contributed by atoms with van der Waals surface area (Å²) in [7, 11) is 0. The van der Waals surface area contributed by atoms with Crippen molar-refractivity contribution in [2.24, 2.45) is 5.92 Å². The number of aromatic nitrogens is 2. The van der Waals surface area contributed by atoms with Gasteiger partial charge in [-0.1, -0.05) is 0 Å². The molecule has 2 aliphatic heterocycles. The molecular weight excluding hydrogens is 214 g/mol. The van der Waals surface area contributed by atoms with Gasteiger partial charge in [-0.05, 0) is 31.2 Å². The van der Waals surface area contributed by atoms with Crippen molar-refractivity contribution in [3.63, 3.8) is 0 Å². The minimum absolute atomic E-state index is 0.588. The fourth-order valence-corrected chi connectivity index (χ4v) is 2.98. The van der Waals surface area contributed by atoms with Crippen molar-refractivity contribution in [2.45, 2.75) is 25.3 Å². The maximum Gasteiger partial charge on any atom is 0.0658 e. The Balaban J connectivity index is 1.50. The number of likely N-dealkylation sites (tertiary alicyclic amines) is 1. The summed E-state index contributed by atoms with van der Waals surface area (Å²) in [5, 5.41) is 4.35. The summed E-state index contributed by atoms with van der Waals surface area (Å²) in [4.78, 5) is 2.60. The summed E-state index contributed by atoms with van der Waals surface area (Å²) in [5.41, 5.74) is 0. The summed E-state index contributed by atoms with van der Waals surface area (Å²) >= 11 is 0. The molecule has 0 saturated carbocycles. The lowest BCUT2D eigenvalue weighted by Gasteiger charge is -2.26. The molecule has 1 atom stereocenters. The summed E-state index contributed by atoms with van der Waals surface area (Å²) in [6, 6.07) is 2.60. The van der Waals surface area contributed by atoms with E-state index < -0.39 is 0 Å². The number of nitrogens with zero attached hydrogens (tertiary/aromatic N) is 3. The van der Waals surface area contributed by atoms with Crippen LogP contribution in [-0.2, 0) is 4.74 Å². The Morgan fingerprint density at radius 2 is 2.12 bits per heavy atom. The maximum atomic E-state index is 5.41. The number of hydrogen-bond donors (Lipinski definition) is 0. The summed E-state index contributed by atoms with van der Waals surface area (Å²) in [5.74, 6) is 0.847. The van der Waals surface area contributed by atoms with Crippen LogP contribution in [0, 0.1) is 5.92 Å². The van der Waals surface area contributed by atoms with Gasteiger partial charge in [-0.3, -0.25) is 4.68 Å². The predicted octanol–water partition coefficient (Wildman–Crippen LogP) is 1.56. The van der Waals surface area contributed by atoms with Gasteiger partial charge in [0, 0.05) is 45.2 Å². The van der Waals surface area contributed by atoms with Gasteiger partial charge >= 0.3 is 0 Å². The van der Waals surface area contributed by atoms with Crippen LogP contribution in [-0.4, -0.2) is 47.5 Å². The van der Waals surface area contributed by atoms with E-state index >= 15 is 0 Å². The van der Waals surface area contributed by atoms with Crippen molar-refractivity contribution in [2.75, 3.05) is 32.8 Å². The van der Waals surface area contributed by atoms with E-state index in [4.69, 9.17) is 4.74 Å². The largest absolute Gasteiger partial charge is 0.381 e. The molecule has 94 valence electrons. The highest BCUT2D eigenvalue weighted by molar-refractivity contribution is 4.87. The molecule has 1 aromatic rings. The Morgan fingerprint density at radius 3 is 2.88 bits per heavy atom. The van der Waals surface area contributed by atoms with Gasteiger partial charge in [-0.2, -0.15) is 5.10 Å². The lowest BCUT2D eigenvalue weighted by molar-refractivity contribution is 0.0551. The highest BCUT2D eigenvalue weighted by atomic mass is 16.5. The second-order valence-electron chi connectivity index (χ2n) is 5.24. The van der Waals surface area contributed by atoms with Gasteiger partial charge in [-0.25, -0.2) is 0 Å². The van der Waals surface area contributed by atoms with Crippen molar-refractivity contribution in [1.82, 2.24) is 14.7 Å². The Bertz CT molecular complexity index is 332.